The van der Waals surface area contributed by atoms with Gasteiger partial charge in [0.05, 0.1) is 4.90 Å². The van der Waals surface area contributed by atoms with Crippen LogP contribution in [0.3, 0.4) is 0 Å². The molecular formula is C9H13NO2S. The molecular weight excluding hydrogens is 186 g/mol. The second kappa shape index (κ2) is 3.47. The third-order valence-electron chi connectivity index (χ3n) is 1.89. The predicted octanol–water partition coefficient (Wildman–Crippen LogP) is 1.07. The van der Waals surface area contributed by atoms with Crippen molar-refractivity contribution in [2.75, 3.05) is 0 Å². The van der Waals surface area contributed by atoms with Crippen LogP contribution in [-0.4, -0.2) is 13.8 Å². The fourth-order valence-corrected chi connectivity index (χ4v) is 2.26. The van der Waals surface area contributed by atoms with Crippen molar-refractivity contribution in [1.29, 1.82) is 0 Å². The molecule has 0 fully saturated rings. The summed E-state index contributed by atoms with van der Waals surface area (Å²) in [5.74, 6) is 0. The standard InChI is InChI=1S/C9H13NO2S/c1-7-5-3-4-6-9(7)13(11,12)8(2)10/h3-6,8H,10H2,1-2H3. The summed E-state index contributed by atoms with van der Waals surface area (Å²) in [4.78, 5) is 0.324. The molecule has 2 N–H and O–H groups in total. The van der Waals surface area contributed by atoms with Crippen LogP contribution in [0.4, 0.5) is 0 Å². The van der Waals surface area contributed by atoms with Gasteiger partial charge in [-0.2, -0.15) is 0 Å². The van der Waals surface area contributed by atoms with Crippen LogP contribution in [0, 0.1) is 6.92 Å². The Bertz CT molecular complexity index is 396. The third kappa shape index (κ3) is 1.89. The molecule has 0 radical (unpaired) electrons. The van der Waals surface area contributed by atoms with Crippen LogP contribution in [0.2, 0.25) is 0 Å². The molecule has 0 bridgehead atoms. The Balaban J connectivity index is 3.32. The van der Waals surface area contributed by atoms with Crippen molar-refractivity contribution in [2.45, 2.75) is 24.1 Å². The highest BCUT2D eigenvalue weighted by Crippen LogP contribution is 2.17. The van der Waals surface area contributed by atoms with Gasteiger partial charge in [0.2, 0.25) is 0 Å². The summed E-state index contributed by atoms with van der Waals surface area (Å²) in [5, 5.41) is -0.853. The van der Waals surface area contributed by atoms with Crippen LogP contribution in [0.25, 0.3) is 0 Å². The van der Waals surface area contributed by atoms with Crippen molar-refractivity contribution in [2.24, 2.45) is 5.73 Å². The molecule has 0 spiro atoms. The van der Waals surface area contributed by atoms with Crippen LogP contribution in [0.15, 0.2) is 29.2 Å². The highest BCUT2D eigenvalue weighted by Gasteiger charge is 2.20. The van der Waals surface area contributed by atoms with Gasteiger partial charge >= 0.3 is 0 Å². The lowest BCUT2D eigenvalue weighted by atomic mass is 10.2. The summed E-state index contributed by atoms with van der Waals surface area (Å²) in [6.45, 7) is 3.23. The molecule has 1 rings (SSSR count). The highest BCUT2D eigenvalue weighted by atomic mass is 32.2. The first-order valence-electron chi connectivity index (χ1n) is 4.01. The Morgan fingerprint density at radius 1 is 1.31 bits per heavy atom. The van der Waals surface area contributed by atoms with Gasteiger partial charge in [0.25, 0.3) is 0 Å². The van der Waals surface area contributed by atoms with E-state index < -0.39 is 15.2 Å². The first-order valence-corrected chi connectivity index (χ1v) is 5.56. The lowest BCUT2D eigenvalue weighted by Crippen LogP contribution is -2.27. The number of rotatable bonds is 2. The molecule has 72 valence electrons. The largest absolute Gasteiger partial charge is 0.315 e. The van der Waals surface area contributed by atoms with E-state index in [1.54, 1.807) is 31.2 Å². The zero-order valence-corrected chi connectivity index (χ0v) is 8.51. The smallest absolute Gasteiger partial charge is 0.193 e. The molecule has 1 aromatic carbocycles. The lowest BCUT2D eigenvalue weighted by Gasteiger charge is -2.09. The van der Waals surface area contributed by atoms with E-state index in [-0.39, 0.29) is 0 Å². The molecule has 1 unspecified atom stereocenters. The molecule has 0 aliphatic heterocycles. The predicted molar refractivity (Wildman–Crippen MR) is 52.0 cm³/mol. The maximum Gasteiger partial charge on any atom is 0.193 e. The Hall–Kier alpha value is -0.870. The van der Waals surface area contributed by atoms with Gasteiger partial charge in [-0.1, -0.05) is 18.2 Å². The van der Waals surface area contributed by atoms with Gasteiger partial charge in [-0.3, -0.25) is 0 Å². The molecule has 0 saturated carbocycles. The molecule has 0 aliphatic rings. The van der Waals surface area contributed by atoms with Gasteiger partial charge in [-0.05, 0) is 25.5 Å². The monoisotopic (exact) mass is 199 g/mol. The van der Waals surface area contributed by atoms with Crippen LogP contribution in [0.1, 0.15) is 12.5 Å². The minimum Gasteiger partial charge on any atom is -0.315 e. The summed E-state index contributed by atoms with van der Waals surface area (Å²) in [6, 6.07) is 6.83. The van der Waals surface area contributed by atoms with Crippen molar-refractivity contribution >= 4 is 9.84 Å². The maximum atomic E-state index is 11.6. The van der Waals surface area contributed by atoms with E-state index in [4.69, 9.17) is 5.73 Å². The van der Waals surface area contributed by atoms with Crippen LogP contribution < -0.4 is 5.73 Å². The lowest BCUT2D eigenvalue weighted by molar-refractivity contribution is 0.584. The van der Waals surface area contributed by atoms with Gasteiger partial charge < -0.3 is 5.73 Å². The van der Waals surface area contributed by atoms with Crippen LogP contribution >= 0.6 is 0 Å². The first-order chi connectivity index (χ1) is 5.96. The Kier molecular flexibility index (Phi) is 2.73. The first kappa shape index (κ1) is 10.2. The molecule has 0 heterocycles. The zero-order chi connectivity index (χ0) is 10.1. The van der Waals surface area contributed by atoms with Crippen molar-refractivity contribution in [3.63, 3.8) is 0 Å². The second-order valence-electron chi connectivity index (χ2n) is 3.02. The summed E-state index contributed by atoms with van der Waals surface area (Å²) in [6.07, 6.45) is 0. The molecule has 0 aromatic heterocycles. The number of benzene rings is 1. The van der Waals surface area contributed by atoms with E-state index in [1.807, 2.05) is 0 Å². The van der Waals surface area contributed by atoms with Crippen LogP contribution in [0.5, 0.6) is 0 Å². The number of sulfone groups is 1. The van der Waals surface area contributed by atoms with Gasteiger partial charge in [0.1, 0.15) is 5.37 Å². The molecule has 1 aromatic rings. The average Bonchev–Trinajstić information content (AvgIpc) is 2.04. The van der Waals surface area contributed by atoms with Crippen molar-refractivity contribution < 1.29 is 8.42 Å². The normalized spacial score (nSPS) is 14.1. The van der Waals surface area contributed by atoms with E-state index in [0.29, 0.717) is 4.90 Å². The van der Waals surface area contributed by atoms with E-state index in [0.717, 1.165) is 5.56 Å². The minimum atomic E-state index is -3.33. The van der Waals surface area contributed by atoms with Gasteiger partial charge in [0, 0.05) is 0 Å². The summed E-state index contributed by atoms with van der Waals surface area (Å²) in [7, 11) is -3.33. The topological polar surface area (TPSA) is 60.2 Å². The van der Waals surface area contributed by atoms with Gasteiger partial charge in [-0.25, -0.2) is 8.42 Å². The zero-order valence-electron chi connectivity index (χ0n) is 7.69. The molecule has 3 nitrogen and oxygen atoms in total. The number of nitrogens with two attached hydrogens (primary N) is 1. The average molecular weight is 199 g/mol. The Morgan fingerprint density at radius 3 is 2.31 bits per heavy atom. The maximum absolute atomic E-state index is 11.6. The summed E-state index contributed by atoms with van der Waals surface area (Å²) in [5.41, 5.74) is 6.12. The number of hydrogen-bond donors (Lipinski definition) is 1. The van der Waals surface area contributed by atoms with E-state index >= 15 is 0 Å². The van der Waals surface area contributed by atoms with Gasteiger partial charge in [0.15, 0.2) is 9.84 Å². The quantitative estimate of drug-likeness (QED) is 0.775. The molecule has 0 aliphatic carbocycles. The third-order valence-corrected chi connectivity index (χ3v) is 3.94. The highest BCUT2D eigenvalue weighted by molar-refractivity contribution is 7.92. The van der Waals surface area contributed by atoms with E-state index in [1.165, 1.54) is 6.92 Å². The van der Waals surface area contributed by atoms with Crippen LogP contribution in [-0.2, 0) is 9.84 Å². The van der Waals surface area contributed by atoms with Gasteiger partial charge in [-0.15, -0.1) is 0 Å². The number of hydrogen-bond acceptors (Lipinski definition) is 3. The fourth-order valence-electron chi connectivity index (χ4n) is 1.08. The molecule has 13 heavy (non-hydrogen) atoms. The summed E-state index contributed by atoms with van der Waals surface area (Å²) < 4.78 is 23.3. The Labute approximate surface area is 78.5 Å². The van der Waals surface area contributed by atoms with Crippen molar-refractivity contribution in [1.82, 2.24) is 0 Å². The summed E-state index contributed by atoms with van der Waals surface area (Å²) >= 11 is 0. The fraction of sp³-hybridized carbons (Fsp3) is 0.333. The molecule has 0 saturated heterocycles. The SMILES string of the molecule is Cc1ccccc1S(=O)(=O)C(C)N. The Morgan fingerprint density at radius 2 is 1.85 bits per heavy atom. The molecule has 4 heteroatoms. The minimum absolute atomic E-state index is 0.324. The van der Waals surface area contributed by atoms with E-state index in [9.17, 15) is 8.42 Å². The second-order valence-corrected chi connectivity index (χ2v) is 5.29. The molecule has 0 amide bonds. The van der Waals surface area contributed by atoms with Crippen molar-refractivity contribution in [3.05, 3.63) is 29.8 Å². The molecule has 1 atom stereocenters. The van der Waals surface area contributed by atoms with Crippen molar-refractivity contribution in [3.8, 4) is 0 Å². The van der Waals surface area contributed by atoms with E-state index in [2.05, 4.69) is 0 Å². The number of aryl methyl sites for hydroxylation is 1.